The van der Waals surface area contributed by atoms with E-state index in [2.05, 4.69) is 32.9 Å². The van der Waals surface area contributed by atoms with Crippen LogP contribution in [0.15, 0.2) is 36.4 Å². The SMILES string of the molecule is C=CCNc1nc(-c2cccn2C)cs1. The minimum absolute atomic E-state index is 0.750. The molecule has 4 heteroatoms. The van der Waals surface area contributed by atoms with E-state index in [9.17, 15) is 0 Å². The van der Waals surface area contributed by atoms with Gasteiger partial charge in [-0.1, -0.05) is 6.08 Å². The van der Waals surface area contributed by atoms with Gasteiger partial charge in [0, 0.05) is 25.2 Å². The normalized spacial score (nSPS) is 10.2. The van der Waals surface area contributed by atoms with E-state index in [0.29, 0.717) is 0 Å². The summed E-state index contributed by atoms with van der Waals surface area (Å²) in [7, 11) is 2.02. The molecular weight excluding hydrogens is 206 g/mol. The summed E-state index contributed by atoms with van der Waals surface area (Å²) in [5.74, 6) is 0. The maximum Gasteiger partial charge on any atom is 0.183 e. The molecule has 0 saturated heterocycles. The Bertz CT molecular complexity index is 456. The van der Waals surface area contributed by atoms with Gasteiger partial charge in [-0.2, -0.15) is 0 Å². The summed E-state index contributed by atoms with van der Waals surface area (Å²) >= 11 is 1.61. The minimum Gasteiger partial charge on any atom is -0.358 e. The molecule has 0 fully saturated rings. The fraction of sp³-hybridized carbons (Fsp3) is 0.182. The molecule has 2 aromatic heterocycles. The van der Waals surface area contributed by atoms with Gasteiger partial charge >= 0.3 is 0 Å². The zero-order valence-corrected chi connectivity index (χ0v) is 9.42. The van der Waals surface area contributed by atoms with E-state index in [0.717, 1.165) is 23.1 Å². The fourth-order valence-corrected chi connectivity index (χ4v) is 2.07. The number of hydrogen-bond acceptors (Lipinski definition) is 3. The second-order valence-corrected chi connectivity index (χ2v) is 4.07. The highest BCUT2D eigenvalue weighted by Crippen LogP contribution is 2.24. The van der Waals surface area contributed by atoms with Crippen molar-refractivity contribution in [3.8, 4) is 11.4 Å². The molecule has 0 aliphatic heterocycles. The average molecular weight is 219 g/mol. The lowest BCUT2D eigenvalue weighted by atomic mass is 10.3. The number of aromatic nitrogens is 2. The molecule has 0 radical (unpaired) electrons. The van der Waals surface area contributed by atoms with Crippen LogP contribution in [0.1, 0.15) is 0 Å². The van der Waals surface area contributed by atoms with E-state index < -0.39 is 0 Å². The van der Waals surface area contributed by atoms with Gasteiger partial charge in [0.05, 0.1) is 11.4 Å². The first kappa shape index (κ1) is 9.98. The number of rotatable bonds is 4. The largest absolute Gasteiger partial charge is 0.358 e. The second-order valence-electron chi connectivity index (χ2n) is 3.21. The Labute approximate surface area is 93.1 Å². The quantitative estimate of drug-likeness (QED) is 0.801. The molecule has 0 bridgehead atoms. The number of nitrogens with one attached hydrogen (secondary N) is 1. The number of anilines is 1. The van der Waals surface area contributed by atoms with E-state index in [1.165, 1.54) is 0 Å². The zero-order chi connectivity index (χ0) is 10.7. The van der Waals surface area contributed by atoms with Crippen molar-refractivity contribution >= 4 is 16.5 Å². The van der Waals surface area contributed by atoms with E-state index in [1.807, 2.05) is 25.4 Å². The van der Waals surface area contributed by atoms with Gasteiger partial charge in [0.1, 0.15) is 0 Å². The molecule has 0 amide bonds. The van der Waals surface area contributed by atoms with Crippen LogP contribution in [-0.2, 0) is 7.05 Å². The van der Waals surface area contributed by atoms with Gasteiger partial charge < -0.3 is 9.88 Å². The van der Waals surface area contributed by atoms with Crippen molar-refractivity contribution in [2.45, 2.75) is 0 Å². The number of thiazole rings is 1. The summed E-state index contributed by atoms with van der Waals surface area (Å²) in [4.78, 5) is 4.49. The summed E-state index contributed by atoms with van der Waals surface area (Å²) < 4.78 is 2.06. The van der Waals surface area contributed by atoms with Gasteiger partial charge in [-0.3, -0.25) is 0 Å². The van der Waals surface area contributed by atoms with Gasteiger partial charge in [-0.25, -0.2) is 4.98 Å². The molecule has 2 aromatic rings. The molecule has 0 aliphatic carbocycles. The van der Waals surface area contributed by atoms with Gasteiger partial charge in [0.15, 0.2) is 5.13 Å². The molecule has 78 valence electrons. The highest BCUT2D eigenvalue weighted by molar-refractivity contribution is 7.14. The lowest BCUT2D eigenvalue weighted by Crippen LogP contribution is -1.97. The summed E-state index contributed by atoms with van der Waals surface area (Å²) in [5, 5.41) is 6.17. The van der Waals surface area contributed by atoms with Gasteiger partial charge in [-0.05, 0) is 12.1 Å². The van der Waals surface area contributed by atoms with Crippen molar-refractivity contribution in [1.82, 2.24) is 9.55 Å². The van der Waals surface area contributed by atoms with Crippen LogP contribution in [0, 0.1) is 0 Å². The molecular formula is C11H13N3S. The molecule has 3 nitrogen and oxygen atoms in total. The molecule has 0 aliphatic rings. The summed E-state index contributed by atoms with van der Waals surface area (Å²) in [5.41, 5.74) is 2.15. The van der Waals surface area contributed by atoms with Gasteiger partial charge in [0.2, 0.25) is 0 Å². The predicted octanol–water partition coefficient (Wildman–Crippen LogP) is 2.75. The van der Waals surface area contributed by atoms with Crippen molar-refractivity contribution in [2.24, 2.45) is 7.05 Å². The van der Waals surface area contributed by atoms with Crippen LogP contribution in [0.5, 0.6) is 0 Å². The van der Waals surface area contributed by atoms with E-state index in [1.54, 1.807) is 11.3 Å². The molecule has 0 atom stereocenters. The Hall–Kier alpha value is -1.55. The fourth-order valence-electron chi connectivity index (χ4n) is 1.36. The van der Waals surface area contributed by atoms with E-state index >= 15 is 0 Å². The summed E-state index contributed by atoms with van der Waals surface area (Å²) in [6.45, 7) is 4.41. The molecule has 0 unspecified atom stereocenters. The lowest BCUT2D eigenvalue weighted by Gasteiger charge is -1.98. The smallest absolute Gasteiger partial charge is 0.183 e. The van der Waals surface area contributed by atoms with Crippen LogP contribution in [0.4, 0.5) is 5.13 Å². The molecule has 0 spiro atoms. The van der Waals surface area contributed by atoms with Crippen LogP contribution in [0.3, 0.4) is 0 Å². The number of nitrogens with zero attached hydrogens (tertiary/aromatic N) is 2. The van der Waals surface area contributed by atoms with Crippen molar-refractivity contribution in [2.75, 3.05) is 11.9 Å². The van der Waals surface area contributed by atoms with Crippen LogP contribution in [-0.4, -0.2) is 16.1 Å². The maximum atomic E-state index is 4.49. The third-order valence-corrected chi connectivity index (χ3v) is 2.91. The highest BCUT2D eigenvalue weighted by Gasteiger charge is 2.05. The van der Waals surface area contributed by atoms with Crippen molar-refractivity contribution in [3.05, 3.63) is 36.4 Å². The minimum atomic E-state index is 0.750. The molecule has 2 rings (SSSR count). The molecule has 0 aromatic carbocycles. The first-order valence-electron chi connectivity index (χ1n) is 4.73. The molecule has 0 saturated carbocycles. The van der Waals surface area contributed by atoms with E-state index in [-0.39, 0.29) is 0 Å². The second kappa shape index (κ2) is 4.31. The zero-order valence-electron chi connectivity index (χ0n) is 8.60. The standard InChI is InChI=1S/C11H13N3S/c1-3-6-12-11-13-9(8-15-11)10-5-4-7-14(10)2/h3-5,7-8H,1,6H2,2H3,(H,12,13). The Morgan fingerprint density at radius 3 is 3.20 bits per heavy atom. The van der Waals surface area contributed by atoms with Gasteiger partial charge in [-0.15, -0.1) is 17.9 Å². The Balaban J connectivity index is 2.20. The third-order valence-electron chi connectivity index (χ3n) is 2.11. The van der Waals surface area contributed by atoms with Crippen LogP contribution in [0.2, 0.25) is 0 Å². The van der Waals surface area contributed by atoms with Crippen LogP contribution in [0.25, 0.3) is 11.4 Å². The number of aryl methyl sites for hydroxylation is 1. The maximum absolute atomic E-state index is 4.49. The Morgan fingerprint density at radius 2 is 2.53 bits per heavy atom. The van der Waals surface area contributed by atoms with Crippen LogP contribution >= 0.6 is 11.3 Å². The summed E-state index contributed by atoms with van der Waals surface area (Å²) in [6, 6.07) is 4.08. The first-order valence-corrected chi connectivity index (χ1v) is 5.61. The number of hydrogen-bond donors (Lipinski definition) is 1. The van der Waals surface area contributed by atoms with Crippen LogP contribution < -0.4 is 5.32 Å². The van der Waals surface area contributed by atoms with Crippen molar-refractivity contribution < 1.29 is 0 Å². The first-order chi connectivity index (χ1) is 7.31. The van der Waals surface area contributed by atoms with E-state index in [4.69, 9.17) is 0 Å². The van der Waals surface area contributed by atoms with Gasteiger partial charge in [0.25, 0.3) is 0 Å². The molecule has 2 heterocycles. The Kier molecular flexibility index (Phi) is 2.87. The predicted molar refractivity (Wildman–Crippen MR) is 65.2 cm³/mol. The highest BCUT2D eigenvalue weighted by atomic mass is 32.1. The topological polar surface area (TPSA) is 29.9 Å². The molecule has 1 N–H and O–H groups in total. The Morgan fingerprint density at radius 1 is 1.67 bits per heavy atom. The van der Waals surface area contributed by atoms with Crippen molar-refractivity contribution in [3.63, 3.8) is 0 Å². The molecule has 15 heavy (non-hydrogen) atoms. The van der Waals surface area contributed by atoms with Crippen molar-refractivity contribution in [1.29, 1.82) is 0 Å². The average Bonchev–Trinajstić information content (AvgIpc) is 2.83. The monoisotopic (exact) mass is 219 g/mol. The lowest BCUT2D eigenvalue weighted by molar-refractivity contribution is 0.932. The third kappa shape index (κ3) is 2.10. The summed E-state index contributed by atoms with van der Waals surface area (Å²) in [6.07, 6.45) is 3.84.